The number of para-hydroxylation sites is 1. The smallest absolute Gasteiger partial charge is 0.256 e. The quantitative estimate of drug-likeness (QED) is 0.848. The molecule has 6 nitrogen and oxygen atoms in total. The van der Waals surface area contributed by atoms with E-state index in [-0.39, 0.29) is 11.7 Å². The van der Waals surface area contributed by atoms with Gasteiger partial charge < -0.3 is 9.88 Å². The van der Waals surface area contributed by atoms with Crippen LogP contribution in [0.1, 0.15) is 35.0 Å². The Morgan fingerprint density at radius 1 is 1.21 bits per heavy atom. The van der Waals surface area contributed by atoms with Gasteiger partial charge in [0, 0.05) is 50.1 Å². The standard InChI is InChI=1S/C21H29N3O3S/c1-15-6-7-19-18(14-15)16-4-3-5-17(20(16)22-19)21(25)24-10-8-23(9-11-24)12-13-28(2,26)27/h3-5,15,22H,6-14H2,1-2H3. The number of rotatable bonds is 4. The normalized spacial score (nSPS) is 21.1. The Hall–Kier alpha value is -1.86. The Morgan fingerprint density at radius 2 is 1.96 bits per heavy atom. The summed E-state index contributed by atoms with van der Waals surface area (Å²) < 4.78 is 22.7. The molecule has 1 fully saturated rings. The van der Waals surface area contributed by atoms with Crippen molar-refractivity contribution >= 4 is 26.6 Å². The molecular formula is C21H29N3O3S. The fourth-order valence-electron chi connectivity index (χ4n) is 4.43. The molecule has 1 amide bonds. The van der Waals surface area contributed by atoms with Crippen LogP contribution in [0.5, 0.6) is 0 Å². The number of fused-ring (bicyclic) bond motifs is 3. The number of aromatic nitrogens is 1. The third-order valence-electron chi connectivity index (χ3n) is 6.14. The number of piperazine rings is 1. The monoisotopic (exact) mass is 403 g/mol. The summed E-state index contributed by atoms with van der Waals surface area (Å²) in [6.45, 7) is 5.54. The number of amides is 1. The van der Waals surface area contributed by atoms with Gasteiger partial charge in [0.25, 0.3) is 5.91 Å². The molecule has 1 aliphatic heterocycles. The van der Waals surface area contributed by atoms with Gasteiger partial charge in [-0.2, -0.15) is 0 Å². The van der Waals surface area contributed by atoms with Crippen LogP contribution < -0.4 is 0 Å². The topological polar surface area (TPSA) is 73.5 Å². The molecule has 1 atom stereocenters. The van der Waals surface area contributed by atoms with Gasteiger partial charge in [0.05, 0.1) is 16.8 Å². The van der Waals surface area contributed by atoms with Gasteiger partial charge in [-0.25, -0.2) is 8.42 Å². The molecule has 0 spiro atoms. The lowest BCUT2D eigenvalue weighted by Crippen LogP contribution is -2.49. The van der Waals surface area contributed by atoms with Crippen LogP contribution in [0.15, 0.2) is 18.2 Å². The highest BCUT2D eigenvalue weighted by atomic mass is 32.2. The van der Waals surface area contributed by atoms with Gasteiger partial charge in [-0.1, -0.05) is 19.1 Å². The lowest BCUT2D eigenvalue weighted by molar-refractivity contribution is 0.0646. The minimum Gasteiger partial charge on any atom is -0.358 e. The molecule has 1 aromatic carbocycles. The summed E-state index contributed by atoms with van der Waals surface area (Å²) >= 11 is 0. The Kier molecular flexibility index (Phi) is 5.22. The number of hydrogen-bond acceptors (Lipinski definition) is 4. The van der Waals surface area contributed by atoms with Crippen LogP contribution in [0.4, 0.5) is 0 Å². The van der Waals surface area contributed by atoms with E-state index in [9.17, 15) is 13.2 Å². The Morgan fingerprint density at radius 3 is 2.68 bits per heavy atom. The highest BCUT2D eigenvalue weighted by Crippen LogP contribution is 2.33. The third kappa shape index (κ3) is 3.96. The minimum absolute atomic E-state index is 0.0695. The molecule has 28 heavy (non-hydrogen) atoms. The molecule has 2 aliphatic rings. The van der Waals surface area contributed by atoms with Gasteiger partial charge in [-0.3, -0.25) is 9.69 Å². The van der Waals surface area contributed by atoms with Crippen LogP contribution in [0, 0.1) is 5.92 Å². The lowest BCUT2D eigenvalue weighted by Gasteiger charge is -2.34. The number of carbonyl (C=O) groups is 1. The molecule has 1 aromatic heterocycles. The Bertz CT molecular complexity index is 988. The van der Waals surface area contributed by atoms with E-state index in [0.29, 0.717) is 25.6 Å². The highest BCUT2D eigenvalue weighted by molar-refractivity contribution is 7.90. The summed E-state index contributed by atoms with van der Waals surface area (Å²) in [4.78, 5) is 20.8. The number of nitrogens with zero attached hydrogens (tertiary/aromatic N) is 2. The number of benzene rings is 1. The maximum absolute atomic E-state index is 13.2. The maximum Gasteiger partial charge on any atom is 0.256 e. The summed E-state index contributed by atoms with van der Waals surface area (Å²) in [6.07, 6.45) is 4.59. The molecule has 1 saturated heterocycles. The molecule has 0 bridgehead atoms. The number of sulfone groups is 1. The first-order valence-electron chi connectivity index (χ1n) is 10.1. The van der Waals surface area contributed by atoms with Crippen LogP contribution >= 0.6 is 0 Å². The van der Waals surface area contributed by atoms with E-state index in [0.717, 1.165) is 37.0 Å². The second-order valence-electron chi connectivity index (χ2n) is 8.42. The first kappa shape index (κ1) is 19.5. The average Bonchev–Trinajstić information content (AvgIpc) is 3.03. The van der Waals surface area contributed by atoms with Crippen molar-refractivity contribution in [1.82, 2.24) is 14.8 Å². The van der Waals surface area contributed by atoms with Gasteiger partial charge >= 0.3 is 0 Å². The fourth-order valence-corrected chi connectivity index (χ4v) is 5.02. The van der Waals surface area contributed by atoms with Crippen molar-refractivity contribution in [3.05, 3.63) is 35.0 Å². The molecule has 0 saturated carbocycles. The van der Waals surface area contributed by atoms with E-state index in [1.54, 1.807) is 0 Å². The lowest BCUT2D eigenvalue weighted by atomic mass is 9.87. The number of carbonyl (C=O) groups excluding carboxylic acids is 1. The SMILES string of the molecule is CC1CCc2[nH]c3c(C(=O)N4CCN(CCS(C)(=O)=O)CC4)cccc3c2C1. The molecule has 1 unspecified atom stereocenters. The largest absolute Gasteiger partial charge is 0.358 e. The molecule has 1 aliphatic carbocycles. The van der Waals surface area contributed by atoms with E-state index in [4.69, 9.17) is 0 Å². The van der Waals surface area contributed by atoms with Crippen molar-refractivity contribution in [3.8, 4) is 0 Å². The van der Waals surface area contributed by atoms with Crippen LogP contribution in [-0.2, 0) is 22.7 Å². The number of H-pyrrole nitrogens is 1. The molecule has 1 N–H and O–H groups in total. The van der Waals surface area contributed by atoms with Crippen LogP contribution in [0.2, 0.25) is 0 Å². The van der Waals surface area contributed by atoms with E-state index in [1.165, 1.54) is 29.3 Å². The minimum atomic E-state index is -2.95. The van der Waals surface area contributed by atoms with Crippen molar-refractivity contribution in [2.24, 2.45) is 5.92 Å². The summed E-state index contributed by atoms with van der Waals surface area (Å²) in [5, 5.41) is 1.19. The number of nitrogens with one attached hydrogen (secondary N) is 1. The average molecular weight is 404 g/mol. The zero-order chi connectivity index (χ0) is 19.9. The van der Waals surface area contributed by atoms with E-state index >= 15 is 0 Å². The van der Waals surface area contributed by atoms with Crippen LogP contribution in [-0.4, -0.2) is 73.8 Å². The van der Waals surface area contributed by atoms with Gasteiger partial charge in [0.15, 0.2) is 0 Å². The van der Waals surface area contributed by atoms with E-state index in [2.05, 4.69) is 22.9 Å². The Labute approximate surface area is 166 Å². The summed E-state index contributed by atoms with van der Waals surface area (Å²) in [5.74, 6) is 0.929. The van der Waals surface area contributed by atoms with Crippen molar-refractivity contribution in [3.63, 3.8) is 0 Å². The number of aromatic amines is 1. The molecule has 4 rings (SSSR count). The third-order valence-corrected chi connectivity index (χ3v) is 7.06. The zero-order valence-corrected chi connectivity index (χ0v) is 17.5. The zero-order valence-electron chi connectivity index (χ0n) is 16.7. The fraction of sp³-hybridized carbons (Fsp3) is 0.571. The van der Waals surface area contributed by atoms with E-state index in [1.807, 2.05) is 17.0 Å². The highest BCUT2D eigenvalue weighted by Gasteiger charge is 2.26. The predicted octanol–water partition coefficient (Wildman–Crippen LogP) is 2.10. The maximum atomic E-state index is 13.2. The number of aryl methyl sites for hydroxylation is 1. The van der Waals surface area contributed by atoms with Crippen LogP contribution in [0.3, 0.4) is 0 Å². The van der Waals surface area contributed by atoms with Gasteiger partial charge in [-0.05, 0) is 36.8 Å². The first-order chi connectivity index (χ1) is 13.3. The Balaban J connectivity index is 1.49. The summed E-state index contributed by atoms with van der Waals surface area (Å²) in [6, 6.07) is 6.04. The van der Waals surface area contributed by atoms with Gasteiger partial charge in [0.2, 0.25) is 0 Å². The molecule has 152 valence electrons. The predicted molar refractivity (Wildman–Crippen MR) is 112 cm³/mol. The van der Waals surface area contributed by atoms with Gasteiger partial charge in [-0.15, -0.1) is 0 Å². The van der Waals surface area contributed by atoms with Crippen LogP contribution in [0.25, 0.3) is 10.9 Å². The second-order valence-corrected chi connectivity index (χ2v) is 10.7. The summed E-state index contributed by atoms with van der Waals surface area (Å²) in [7, 11) is -2.95. The summed E-state index contributed by atoms with van der Waals surface area (Å²) in [5.41, 5.74) is 4.41. The molecular weight excluding hydrogens is 374 g/mol. The molecule has 2 aromatic rings. The molecule has 2 heterocycles. The number of hydrogen-bond donors (Lipinski definition) is 1. The molecule has 0 radical (unpaired) electrons. The van der Waals surface area contributed by atoms with E-state index < -0.39 is 9.84 Å². The van der Waals surface area contributed by atoms with Crippen molar-refractivity contribution in [2.45, 2.75) is 26.2 Å². The van der Waals surface area contributed by atoms with Crippen molar-refractivity contribution in [2.75, 3.05) is 44.7 Å². The van der Waals surface area contributed by atoms with Gasteiger partial charge in [0.1, 0.15) is 9.84 Å². The molecule has 7 heteroatoms. The first-order valence-corrected chi connectivity index (χ1v) is 12.2. The second kappa shape index (κ2) is 7.52. The van der Waals surface area contributed by atoms with Crippen molar-refractivity contribution < 1.29 is 13.2 Å². The van der Waals surface area contributed by atoms with Crippen molar-refractivity contribution in [1.29, 1.82) is 0 Å².